The Balaban J connectivity index is 1.51. The van der Waals surface area contributed by atoms with Crippen LogP contribution < -0.4 is 20.4 Å². The number of hydrogen-bond donors (Lipinski definition) is 3. The third kappa shape index (κ3) is 8.43. The van der Waals surface area contributed by atoms with Crippen molar-refractivity contribution in [2.75, 3.05) is 53.2 Å². The predicted molar refractivity (Wildman–Crippen MR) is 156 cm³/mol. The second-order valence-corrected chi connectivity index (χ2v) is 9.20. The highest BCUT2D eigenvalue weighted by atomic mass is 15.3. The molecular weight excluding hydrogens is 488 g/mol. The molecule has 0 amide bonds. The van der Waals surface area contributed by atoms with Crippen LogP contribution in [-0.4, -0.2) is 57.6 Å². The molecule has 3 N–H and O–H groups in total. The van der Waals surface area contributed by atoms with E-state index in [9.17, 15) is 5.26 Å². The summed E-state index contributed by atoms with van der Waals surface area (Å²) in [6, 6.07) is 20.9. The summed E-state index contributed by atoms with van der Waals surface area (Å²) in [5.41, 5.74) is 4.59. The maximum atomic E-state index is 9.28. The van der Waals surface area contributed by atoms with E-state index in [1.807, 2.05) is 29.3 Å². The number of benzene rings is 2. The number of nitrogens with zero attached hydrogens (tertiary/aromatic N) is 7. The molecule has 0 aliphatic heterocycles. The summed E-state index contributed by atoms with van der Waals surface area (Å²) in [6.07, 6.45) is 4.61. The van der Waals surface area contributed by atoms with Crippen LogP contribution in [0.5, 0.6) is 0 Å². The van der Waals surface area contributed by atoms with Crippen molar-refractivity contribution in [3.8, 4) is 6.07 Å². The molecule has 10 heteroatoms. The lowest BCUT2D eigenvalue weighted by Crippen LogP contribution is -2.30. The van der Waals surface area contributed by atoms with Crippen LogP contribution in [0.2, 0.25) is 0 Å². The summed E-state index contributed by atoms with van der Waals surface area (Å²) in [5, 5.41) is 16.0. The zero-order valence-corrected chi connectivity index (χ0v) is 22.6. The zero-order chi connectivity index (χ0) is 27.3. The van der Waals surface area contributed by atoms with Gasteiger partial charge in [-0.3, -0.25) is 0 Å². The van der Waals surface area contributed by atoms with Gasteiger partial charge in [-0.05, 0) is 37.1 Å². The fourth-order valence-electron chi connectivity index (χ4n) is 4.23. The van der Waals surface area contributed by atoms with Gasteiger partial charge >= 0.3 is 0 Å². The summed E-state index contributed by atoms with van der Waals surface area (Å²) in [6.45, 7) is 8.36. The Hall–Kier alpha value is -4.65. The van der Waals surface area contributed by atoms with Gasteiger partial charge in [-0.25, -0.2) is 4.98 Å². The lowest BCUT2D eigenvalue weighted by atomic mass is 10.2. The molecule has 0 saturated carbocycles. The average molecular weight is 525 g/mol. The van der Waals surface area contributed by atoms with E-state index in [0.29, 0.717) is 50.4 Å². The summed E-state index contributed by atoms with van der Waals surface area (Å²) in [7, 11) is 0. The molecule has 0 bridgehead atoms. The molecule has 0 atom stereocenters. The first-order valence-corrected chi connectivity index (χ1v) is 13.3. The van der Waals surface area contributed by atoms with Crippen molar-refractivity contribution in [3.05, 3.63) is 83.9 Å². The number of anilines is 4. The highest BCUT2D eigenvalue weighted by Gasteiger charge is 2.15. The molecule has 2 heterocycles. The number of aromatic amines is 1. The van der Waals surface area contributed by atoms with Gasteiger partial charge in [0.2, 0.25) is 17.8 Å². The van der Waals surface area contributed by atoms with E-state index < -0.39 is 0 Å². The number of imidazole rings is 1. The van der Waals surface area contributed by atoms with Crippen LogP contribution in [0, 0.1) is 18.3 Å². The number of nitrogens with one attached hydrogen (secondary N) is 3. The fourth-order valence-corrected chi connectivity index (χ4v) is 4.23. The number of aromatic nitrogens is 5. The summed E-state index contributed by atoms with van der Waals surface area (Å²) >= 11 is 0. The first kappa shape index (κ1) is 27.4. The Morgan fingerprint density at radius 3 is 2.41 bits per heavy atom. The standard InChI is InChI=1S/C29H36N10/c1-3-38(26-12-7-9-23(2)19-26)18-16-33-28-35-27(32-15-13-25-20-31-22-34-25)36-29(37-28)39(17-8-14-30)21-24-10-5-4-6-11-24/h4-7,9-12,19-20,22H,3,8,13,15-18,21H2,1-2H3,(H,31,34)(H2,32,33,35,36,37). The SMILES string of the molecule is CCN(CCNc1nc(NCCc2cnc[nH]2)nc(N(CCC#N)Cc2ccccc2)n1)c1cccc(C)c1. The molecule has 0 aliphatic carbocycles. The van der Waals surface area contributed by atoms with Gasteiger partial charge in [0.05, 0.1) is 18.8 Å². The third-order valence-electron chi connectivity index (χ3n) is 6.26. The maximum Gasteiger partial charge on any atom is 0.232 e. The molecule has 2 aromatic carbocycles. The third-order valence-corrected chi connectivity index (χ3v) is 6.26. The van der Waals surface area contributed by atoms with Crippen LogP contribution >= 0.6 is 0 Å². The number of likely N-dealkylation sites (N-methyl/N-ethyl adjacent to an activating group) is 1. The second-order valence-electron chi connectivity index (χ2n) is 9.20. The number of hydrogen-bond acceptors (Lipinski definition) is 9. The highest BCUT2D eigenvalue weighted by molar-refractivity contribution is 5.49. The average Bonchev–Trinajstić information content (AvgIpc) is 3.47. The first-order valence-electron chi connectivity index (χ1n) is 13.3. The minimum atomic E-state index is 0.367. The normalized spacial score (nSPS) is 10.6. The molecule has 0 radical (unpaired) electrons. The van der Waals surface area contributed by atoms with Crippen LogP contribution in [-0.2, 0) is 13.0 Å². The zero-order valence-electron chi connectivity index (χ0n) is 22.6. The fraction of sp³-hybridized carbons (Fsp3) is 0.345. The van der Waals surface area contributed by atoms with Gasteiger partial charge in [0.1, 0.15) is 0 Å². The van der Waals surface area contributed by atoms with Gasteiger partial charge < -0.3 is 25.4 Å². The molecule has 0 aliphatic rings. The van der Waals surface area contributed by atoms with E-state index in [4.69, 9.17) is 9.97 Å². The molecule has 0 saturated heterocycles. The molecular formula is C29H36N10. The smallest absolute Gasteiger partial charge is 0.232 e. The largest absolute Gasteiger partial charge is 0.370 e. The van der Waals surface area contributed by atoms with Crippen LogP contribution in [0.3, 0.4) is 0 Å². The molecule has 0 fully saturated rings. The number of nitriles is 1. The number of aryl methyl sites for hydroxylation is 1. The Kier molecular flexibility index (Phi) is 10.1. The van der Waals surface area contributed by atoms with Crippen molar-refractivity contribution in [1.82, 2.24) is 24.9 Å². The lowest BCUT2D eigenvalue weighted by Gasteiger charge is -2.24. The van der Waals surface area contributed by atoms with Crippen LogP contribution in [0.25, 0.3) is 0 Å². The minimum Gasteiger partial charge on any atom is -0.370 e. The van der Waals surface area contributed by atoms with Gasteiger partial charge in [-0.15, -0.1) is 0 Å². The molecule has 2 aromatic heterocycles. The van der Waals surface area contributed by atoms with E-state index >= 15 is 0 Å². The highest BCUT2D eigenvalue weighted by Crippen LogP contribution is 2.18. The monoisotopic (exact) mass is 524 g/mol. The van der Waals surface area contributed by atoms with E-state index in [-0.39, 0.29) is 0 Å². The Morgan fingerprint density at radius 2 is 1.72 bits per heavy atom. The second kappa shape index (κ2) is 14.3. The van der Waals surface area contributed by atoms with E-state index in [1.54, 1.807) is 6.33 Å². The molecule has 0 unspecified atom stereocenters. The van der Waals surface area contributed by atoms with Gasteiger partial charge in [0.25, 0.3) is 0 Å². The van der Waals surface area contributed by atoms with Gasteiger partial charge in [0.15, 0.2) is 0 Å². The van der Waals surface area contributed by atoms with Crippen molar-refractivity contribution in [2.24, 2.45) is 0 Å². The van der Waals surface area contributed by atoms with Crippen molar-refractivity contribution in [1.29, 1.82) is 5.26 Å². The van der Waals surface area contributed by atoms with E-state index in [0.717, 1.165) is 30.8 Å². The van der Waals surface area contributed by atoms with E-state index in [1.165, 1.54) is 11.3 Å². The Morgan fingerprint density at radius 1 is 0.923 bits per heavy atom. The predicted octanol–water partition coefficient (Wildman–Crippen LogP) is 4.42. The van der Waals surface area contributed by atoms with Crippen LogP contribution in [0.15, 0.2) is 67.1 Å². The number of H-pyrrole nitrogens is 1. The van der Waals surface area contributed by atoms with Crippen LogP contribution in [0.1, 0.15) is 30.2 Å². The van der Waals surface area contributed by atoms with Crippen molar-refractivity contribution in [3.63, 3.8) is 0 Å². The topological polar surface area (TPSA) is 122 Å². The molecule has 10 nitrogen and oxygen atoms in total. The molecule has 39 heavy (non-hydrogen) atoms. The Labute approximate surface area is 230 Å². The van der Waals surface area contributed by atoms with E-state index in [2.05, 4.69) is 86.8 Å². The van der Waals surface area contributed by atoms with Crippen LogP contribution in [0.4, 0.5) is 23.5 Å². The summed E-state index contributed by atoms with van der Waals surface area (Å²) in [5.74, 6) is 1.52. The number of rotatable bonds is 15. The molecule has 4 rings (SSSR count). The van der Waals surface area contributed by atoms with Gasteiger partial charge in [-0.1, -0.05) is 42.5 Å². The molecule has 0 spiro atoms. The van der Waals surface area contributed by atoms with Gasteiger partial charge in [0, 0.05) is 63.3 Å². The summed E-state index contributed by atoms with van der Waals surface area (Å²) < 4.78 is 0. The van der Waals surface area contributed by atoms with Crippen molar-refractivity contribution in [2.45, 2.75) is 33.2 Å². The molecule has 4 aromatic rings. The first-order chi connectivity index (χ1) is 19.1. The molecule has 202 valence electrons. The summed E-state index contributed by atoms with van der Waals surface area (Å²) in [4.78, 5) is 25.7. The van der Waals surface area contributed by atoms with Gasteiger partial charge in [-0.2, -0.15) is 20.2 Å². The van der Waals surface area contributed by atoms with Crippen molar-refractivity contribution >= 4 is 23.5 Å². The van der Waals surface area contributed by atoms with Crippen molar-refractivity contribution < 1.29 is 0 Å². The lowest BCUT2D eigenvalue weighted by molar-refractivity contribution is 0.757. The minimum absolute atomic E-state index is 0.367. The maximum absolute atomic E-state index is 9.28. The Bertz CT molecular complexity index is 1320. The quantitative estimate of drug-likeness (QED) is 0.207.